The van der Waals surface area contributed by atoms with E-state index >= 15 is 0 Å². The van der Waals surface area contributed by atoms with E-state index in [0.29, 0.717) is 0 Å². The highest BCUT2D eigenvalue weighted by Gasteiger charge is 2.04. The molecule has 4 nitrogen and oxygen atoms in total. The van der Waals surface area contributed by atoms with Crippen molar-refractivity contribution in [3.05, 3.63) is 33.3 Å². The second-order valence-corrected chi connectivity index (χ2v) is 2.28. The molecule has 0 aliphatic carbocycles. The van der Waals surface area contributed by atoms with Gasteiger partial charge in [0, 0.05) is 17.2 Å². The van der Waals surface area contributed by atoms with Crippen LogP contribution in [0.2, 0.25) is 5.02 Å². The van der Waals surface area contributed by atoms with E-state index in [0.717, 1.165) is 18.2 Å². The SMILES string of the molecule is O=[N+]([O-])c1ccc([O-])c(Cl)c1. The van der Waals surface area contributed by atoms with E-state index in [9.17, 15) is 15.2 Å². The minimum Gasteiger partial charge on any atom is -0.871 e. The third kappa shape index (κ3) is 1.59. The fourth-order valence-electron chi connectivity index (χ4n) is 0.603. The molecule has 1 rings (SSSR count). The summed E-state index contributed by atoms with van der Waals surface area (Å²) in [5.41, 5.74) is -0.172. The molecule has 0 unspecified atom stereocenters. The van der Waals surface area contributed by atoms with Gasteiger partial charge in [-0.1, -0.05) is 23.4 Å². The standard InChI is InChI=1S/C6H4ClNO3/c7-5-3-4(8(10)11)1-2-6(5)9/h1-3,9H/p-1. The molecule has 5 heteroatoms. The van der Waals surface area contributed by atoms with Gasteiger partial charge in [0.15, 0.2) is 0 Å². The van der Waals surface area contributed by atoms with Crippen LogP contribution in [0.4, 0.5) is 5.69 Å². The van der Waals surface area contributed by atoms with E-state index in [4.69, 9.17) is 11.6 Å². The van der Waals surface area contributed by atoms with Gasteiger partial charge in [0.05, 0.1) is 4.92 Å². The van der Waals surface area contributed by atoms with Crippen molar-refractivity contribution in [2.45, 2.75) is 0 Å². The largest absolute Gasteiger partial charge is 0.871 e. The minimum absolute atomic E-state index is 0.126. The Kier molecular flexibility index (Phi) is 1.96. The van der Waals surface area contributed by atoms with Crippen LogP contribution in [0.5, 0.6) is 5.75 Å². The maximum Gasteiger partial charge on any atom is 0.270 e. The molecule has 0 amide bonds. The van der Waals surface area contributed by atoms with Crippen molar-refractivity contribution >= 4 is 17.3 Å². The number of non-ortho nitro benzene ring substituents is 1. The quantitative estimate of drug-likeness (QED) is 0.474. The molecule has 58 valence electrons. The van der Waals surface area contributed by atoms with Crippen molar-refractivity contribution in [1.82, 2.24) is 0 Å². The first-order valence-electron chi connectivity index (χ1n) is 2.72. The lowest BCUT2D eigenvalue weighted by atomic mass is 10.3. The summed E-state index contributed by atoms with van der Waals surface area (Å²) in [6, 6.07) is 3.22. The highest BCUT2D eigenvalue weighted by Crippen LogP contribution is 2.24. The van der Waals surface area contributed by atoms with Gasteiger partial charge in [0.25, 0.3) is 5.69 Å². The minimum atomic E-state index is -0.606. The van der Waals surface area contributed by atoms with Crippen LogP contribution < -0.4 is 5.11 Å². The normalized spacial score (nSPS) is 9.55. The summed E-state index contributed by atoms with van der Waals surface area (Å²) < 4.78 is 0. The second kappa shape index (κ2) is 2.75. The number of nitro benzene ring substituents is 1. The molecule has 0 fully saturated rings. The van der Waals surface area contributed by atoms with E-state index in [2.05, 4.69) is 0 Å². The summed E-state index contributed by atoms with van der Waals surface area (Å²) in [5.74, 6) is -0.405. The topological polar surface area (TPSA) is 66.2 Å². The summed E-state index contributed by atoms with van der Waals surface area (Å²) in [6.07, 6.45) is 0. The molecule has 11 heavy (non-hydrogen) atoms. The second-order valence-electron chi connectivity index (χ2n) is 1.87. The predicted octanol–water partition coefficient (Wildman–Crippen LogP) is 1.32. The Bertz CT molecular complexity index is 300. The Morgan fingerprint density at radius 1 is 1.45 bits per heavy atom. The van der Waals surface area contributed by atoms with Crippen LogP contribution in [0.1, 0.15) is 0 Å². The molecule has 0 saturated carbocycles. The summed E-state index contributed by atoms with van der Waals surface area (Å²) >= 11 is 5.34. The van der Waals surface area contributed by atoms with Crippen LogP contribution in [0, 0.1) is 10.1 Å². The van der Waals surface area contributed by atoms with Gasteiger partial charge in [-0.05, 0) is 0 Å². The molecular formula is C6H3ClNO3-. The molecule has 0 saturated heterocycles. The summed E-state index contributed by atoms with van der Waals surface area (Å²) in [6.45, 7) is 0. The Morgan fingerprint density at radius 2 is 2.09 bits per heavy atom. The van der Waals surface area contributed by atoms with Crippen molar-refractivity contribution in [3.8, 4) is 5.75 Å². The molecule has 0 radical (unpaired) electrons. The Balaban J connectivity index is 3.15. The molecule has 1 aromatic rings. The number of halogens is 1. The molecule has 0 N–H and O–H groups in total. The molecular weight excluding hydrogens is 170 g/mol. The van der Waals surface area contributed by atoms with Crippen molar-refractivity contribution in [2.24, 2.45) is 0 Å². The maximum absolute atomic E-state index is 10.6. The lowest BCUT2D eigenvalue weighted by Gasteiger charge is -2.05. The number of nitrogens with zero attached hydrogens (tertiary/aromatic N) is 1. The van der Waals surface area contributed by atoms with Gasteiger partial charge in [-0.15, -0.1) is 0 Å². The first-order chi connectivity index (χ1) is 5.11. The van der Waals surface area contributed by atoms with Gasteiger partial charge < -0.3 is 5.11 Å². The molecule has 0 aliphatic heterocycles. The van der Waals surface area contributed by atoms with Gasteiger partial charge in [-0.2, -0.15) is 0 Å². The Labute approximate surface area is 67.2 Å². The summed E-state index contributed by atoms with van der Waals surface area (Å²) in [5, 5.41) is 20.6. The Morgan fingerprint density at radius 3 is 2.55 bits per heavy atom. The fourth-order valence-corrected chi connectivity index (χ4v) is 0.778. The molecule has 0 aromatic heterocycles. The zero-order chi connectivity index (χ0) is 8.43. The zero-order valence-corrected chi connectivity index (χ0v) is 6.04. The van der Waals surface area contributed by atoms with E-state index in [1.807, 2.05) is 0 Å². The third-order valence-corrected chi connectivity index (χ3v) is 1.42. The predicted molar refractivity (Wildman–Crippen MR) is 37.6 cm³/mol. The van der Waals surface area contributed by atoms with Crippen LogP contribution in [0.3, 0.4) is 0 Å². The average molecular weight is 173 g/mol. The number of benzene rings is 1. The molecule has 0 spiro atoms. The van der Waals surface area contributed by atoms with Crippen LogP contribution in [0.25, 0.3) is 0 Å². The summed E-state index contributed by atoms with van der Waals surface area (Å²) in [4.78, 5) is 9.50. The highest BCUT2D eigenvalue weighted by molar-refractivity contribution is 6.32. The van der Waals surface area contributed by atoms with E-state index in [1.54, 1.807) is 0 Å². The lowest BCUT2D eigenvalue weighted by Crippen LogP contribution is -1.92. The first-order valence-corrected chi connectivity index (χ1v) is 3.10. The number of hydrogen-bond donors (Lipinski definition) is 0. The highest BCUT2D eigenvalue weighted by atomic mass is 35.5. The summed E-state index contributed by atoms with van der Waals surface area (Å²) in [7, 11) is 0. The van der Waals surface area contributed by atoms with Gasteiger partial charge in [-0.3, -0.25) is 10.1 Å². The van der Waals surface area contributed by atoms with E-state index < -0.39 is 10.7 Å². The number of rotatable bonds is 1. The fraction of sp³-hybridized carbons (Fsp3) is 0. The lowest BCUT2D eigenvalue weighted by molar-refractivity contribution is -0.385. The monoisotopic (exact) mass is 172 g/mol. The zero-order valence-electron chi connectivity index (χ0n) is 5.28. The van der Waals surface area contributed by atoms with E-state index in [-0.39, 0.29) is 10.7 Å². The van der Waals surface area contributed by atoms with Crippen LogP contribution in [-0.2, 0) is 0 Å². The smallest absolute Gasteiger partial charge is 0.270 e. The van der Waals surface area contributed by atoms with Crippen molar-refractivity contribution < 1.29 is 10.0 Å². The van der Waals surface area contributed by atoms with Crippen molar-refractivity contribution in [1.29, 1.82) is 0 Å². The molecule has 0 heterocycles. The number of nitro groups is 1. The van der Waals surface area contributed by atoms with E-state index in [1.165, 1.54) is 0 Å². The van der Waals surface area contributed by atoms with Crippen LogP contribution >= 0.6 is 11.6 Å². The van der Waals surface area contributed by atoms with Gasteiger partial charge in [0.2, 0.25) is 0 Å². The van der Waals surface area contributed by atoms with Crippen molar-refractivity contribution in [3.63, 3.8) is 0 Å². The van der Waals surface area contributed by atoms with Crippen LogP contribution in [0.15, 0.2) is 18.2 Å². The first kappa shape index (κ1) is 7.81. The molecule has 0 bridgehead atoms. The Hall–Kier alpha value is -1.29. The maximum atomic E-state index is 10.6. The van der Waals surface area contributed by atoms with Crippen molar-refractivity contribution in [2.75, 3.05) is 0 Å². The van der Waals surface area contributed by atoms with Gasteiger partial charge in [0.1, 0.15) is 0 Å². The molecule has 0 aliphatic rings. The third-order valence-electron chi connectivity index (χ3n) is 1.13. The average Bonchev–Trinajstić information content (AvgIpc) is 1.94. The number of hydrogen-bond acceptors (Lipinski definition) is 3. The molecule has 0 atom stereocenters. The van der Waals surface area contributed by atoms with Gasteiger partial charge >= 0.3 is 0 Å². The molecule has 1 aromatic carbocycles. The van der Waals surface area contributed by atoms with Crippen LogP contribution in [-0.4, -0.2) is 4.92 Å². The van der Waals surface area contributed by atoms with Gasteiger partial charge in [-0.25, -0.2) is 0 Å².